The van der Waals surface area contributed by atoms with Crippen LogP contribution in [0.3, 0.4) is 0 Å². The fourth-order valence-electron chi connectivity index (χ4n) is 7.71. The number of carboxylic acid groups (broad SMARTS) is 1. The van der Waals surface area contributed by atoms with E-state index in [-0.39, 0.29) is 43.7 Å². The van der Waals surface area contributed by atoms with E-state index in [1.54, 1.807) is 11.0 Å². The molecule has 6 aromatic rings. The predicted octanol–water partition coefficient (Wildman–Crippen LogP) is 10.0. The number of benzene rings is 5. The van der Waals surface area contributed by atoms with Crippen molar-refractivity contribution in [1.29, 1.82) is 0 Å². The van der Waals surface area contributed by atoms with Gasteiger partial charge in [-0.2, -0.15) is 0 Å². The summed E-state index contributed by atoms with van der Waals surface area (Å²) in [7, 11) is 0. The van der Waals surface area contributed by atoms with Crippen molar-refractivity contribution in [2.24, 2.45) is 0 Å². The number of carbonyl (C=O) groups excluding carboxylic acids is 2. The molecule has 0 aliphatic carbocycles. The number of aromatic nitrogens is 1. The molecule has 1 aromatic heterocycles. The Morgan fingerprint density at radius 3 is 2.41 bits per heavy atom. The lowest BCUT2D eigenvalue weighted by Crippen LogP contribution is -2.55. The highest BCUT2D eigenvalue weighted by molar-refractivity contribution is 6.42. The molecule has 13 heteroatoms. The maximum absolute atomic E-state index is 14.1. The lowest BCUT2D eigenvalue weighted by atomic mass is 9.92. The van der Waals surface area contributed by atoms with Crippen molar-refractivity contribution < 1.29 is 33.7 Å². The molecule has 2 aliphatic heterocycles. The number of amides is 3. The van der Waals surface area contributed by atoms with E-state index in [1.807, 2.05) is 105 Å². The summed E-state index contributed by atoms with van der Waals surface area (Å²) in [6.45, 7) is 7.03. The van der Waals surface area contributed by atoms with Gasteiger partial charge in [-0.1, -0.05) is 102 Å². The zero-order chi connectivity index (χ0) is 44.5. The quantitative estimate of drug-likeness (QED) is 0.109. The van der Waals surface area contributed by atoms with Crippen LogP contribution in [0.25, 0.3) is 11.1 Å². The summed E-state index contributed by atoms with van der Waals surface area (Å²) in [5.41, 5.74) is 10.1. The van der Waals surface area contributed by atoms with Crippen molar-refractivity contribution >= 4 is 41.6 Å². The van der Waals surface area contributed by atoms with E-state index in [1.165, 1.54) is 0 Å². The van der Waals surface area contributed by atoms with E-state index in [0.717, 1.165) is 55.8 Å². The van der Waals surface area contributed by atoms with E-state index in [4.69, 9.17) is 47.3 Å². The van der Waals surface area contributed by atoms with Gasteiger partial charge in [0.25, 0.3) is 6.47 Å². The standard InChI is InChI=1S/C49H46Cl2N4O5.CH2O2/c1-30-31(2)52-23-21-41(30)35-14-12-33(13-15-35)20-22-53-48(56)43-24-38-25-44-45(26-39(38)27-55(43)49(57)54-32(3)34-8-5-4-6-9-34)60-46(29-59-44)36-16-18-40(19-17-36)58-28-37-10-7-11-42(50)47(37)51;2-1-3/h4-19,21,23,25-26,32,43,46H,20,22,24,27-29H2,1-3H3,(H,53,56)(H,54,57);1H,(H,2,3)/t32-,43?,46?;/m1./s1. The van der Waals surface area contributed by atoms with E-state index in [9.17, 15) is 9.59 Å². The van der Waals surface area contributed by atoms with Crippen molar-refractivity contribution in [3.63, 3.8) is 0 Å². The first-order valence-electron chi connectivity index (χ1n) is 20.6. The van der Waals surface area contributed by atoms with E-state index < -0.39 is 6.04 Å². The molecule has 0 spiro atoms. The minimum Gasteiger partial charge on any atom is -0.489 e. The summed E-state index contributed by atoms with van der Waals surface area (Å²) < 4.78 is 18.8. The number of urea groups is 1. The molecule has 63 heavy (non-hydrogen) atoms. The fraction of sp³-hybridized carbons (Fsp3) is 0.240. The summed E-state index contributed by atoms with van der Waals surface area (Å²) in [5.74, 6) is 1.67. The number of ether oxygens (including phenoxy) is 3. The second-order valence-corrected chi connectivity index (χ2v) is 16.2. The smallest absolute Gasteiger partial charge is 0.318 e. The van der Waals surface area contributed by atoms with Crippen LogP contribution < -0.4 is 24.8 Å². The number of nitrogens with one attached hydrogen (secondary N) is 2. The summed E-state index contributed by atoms with van der Waals surface area (Å²) in [4.78, 5) is 42.5. The molecule has 3 N–H and O–H groups in total. The molecule has 0 radical (unpaired) electrons. The minimum atomic E-state index is -0.730. The molecule has 0 saturated heterocycles. The Labute approximate surface area is 376 Å². The Kier molecular flexibility index (Phi) is 14.5. The Hall–Kier alpha value is -6.56. The van der Waals surface area contributed by atoms with Gasteiger partial charge < -0.3 is 34.9 Å². The summed E-state index contributed by atoms with van der Waals surface area (Å²) in [6, 6.07) is 36.0. The highest BCUT2D eigenvalue weighted by Crippen LogP contribution is 2.41. The van der Waals surface area contributed by atoms with Gasteiger partial charge in [0.05, 0.1) is 16.1 Å². The molecule has 5 aromatic carbocycles. The number of rotatable bonds is 11. The molecule has 8 rings (SSSR count). The van der Waals surface area contributed by atoms with Crippen LogP contribution in [0.5, 0.6) is 17.2 Å². The number of carbonyl (C=O) groups is 3. The summed E-state index contributed by atoms with van der Waals surface area (Å²) in [6.07, 6.45) is 2.45. The number of halogens is 2. The molecule has 0 bridgehead atoms. The van der Waals surface area contributed by atoms with Crippen molar-refractivity contribution in [1.82, 2.24) is 20.5 Å². The van der Waals surface area contributed by atoms with Gasteiger partial charge in [0, 0.05) is 37.0 Å². The molecule has 0 fully saturated rings. The van der Waals surface area contributed by atoms with Crippen LogP contribution in [-0.4, -0.2) is 52.6 Å². The van der Waals surface area contributed by atoms with Gasteiger partial charge in [-0.15, -0.1) is 0 Å². The van der Waals surface area contributed by atoms with Gasteiger partial charge in [-0.3, -0.25) is 14.6 Å². The highest BCUT2D eigenvalue weighted by Gasteiger charge is 2.37. The van der Waals surface area contributed by atoms with Crippen molar-refractivity contribution in [2.45, 2.75) is 65.0 Å². The first-order valence-corrected chi connectivity index (χ1v) is 21.4. The number of aryl methyl sites for hydroxylation is 1. The van der Waals surface area contributed by atoms with Crippen molar-refractivity contribution in [3.8, 4) is 28.4 Å². The molecule has 2 unspecified atom stereocenters. The largest absolute Gasteiger partial charge is 0.489 e. The summed E-state index contributed by atoms with van der Waals surface area (Å²) >= 11 is 12.5. The topological polar surface area (TPSA) is 139 Å². The van der Waals surface area contributed by atoms with Crippen LogP contribution in [0.1, 0.15) is 63.7 Å². The van der Waals surface area contributed by atoms with Crippen LogP contribution in [0.2, 0.25) is 10.0 Å². The molecular weight excluding hydrogens is 839 g/mol. The molecule has 2 aliphatic rings. The highest BCUT2D eigenvalue weighted by atomic mass is 35.5. The van der Waals surface area contributed by atoms with Crippen molar-refractivity contribution in [2.75, 3.05) is 13.2 Å². The molecule has 11 nitrogen and oxygen atoms in total. The minimum absolute atomic E-state index is 0.208. The van der Waals surface area contributed by atoms with E-state index >= 15 is 0 Å². The number of nitrogens with zero attached hydrogens (tertiary/aromatic N) is 2. The summed E-state index contributed by atoms with van der Waals surface area (Å²) in [5, 5.41) is 14.1. The monoisotopic (exact) mass is 886 g/mol. The molecule has 3 atom stereocenters. The van der Waals surface area contributed by atoms with Crippen LogP contribution in [-0.2, 0) is 35.6 Å². The number of fused-ring (bicyclic) bond motifs is 2. The maximum atomic E-state index is 14.1. The third-order valence-corrected chi connectivity index (χ3v) is 12.2. The Balaban J connectivity index is 0.00000193. The van der Waals surface area contributed by atoms with Crippen LogP contribution in [0.4, 0.5) is 4.79 Å². The van der Waals surface area contributed by atoms with E-state index in [0.29, 0.717) is 53.3 Å². The van der Waals surface area contributed by atoms with Gasteiger partial charge in [0.1, 0.15) is 25.0 Å². The Bertz CT molecular complexity index is 2560. The average molecular weight is 888 g/mol. The lowest BCUT2D eigenvalue weighted by molar-refractivity contribution is -0.126. The first-order chi connectivity index (χ1) is 30.5. The first kappa shape index (κ1) is 44.5. The third-order valence-electron chi connectivity index (χ3n) is 11.4. The molecule has 0 saturated carbocycles. The van der Waals surface area contributed by atoms with Gasteiger partial charge in [-0.25, -0.2) is 4.79 Å². The second-order valence-electron chi connectivity index (χ2n) is 15.4. The molecule has 3 heterocycles. The third kappa shape index (κ3) is 10.7. The van der Waals surface area contributed by atoms with Crippen LogP contribution in [0, 0.1) is 13.8 Å². The Morgan fingerprint density at radius 1 is 0.937 bits per heavy atom. The van der Waals surface area contributed by atoms with Crippen molar-refractivity contribution in [3.05, 3.63) is 176 Å². The zero-order valence-electron chi connectivity index (χ0n) is 35.1. The number of hydrogen-bond acceptors (Lipinski definition) is 7. The SMILES string of the molecule is Cc1nccc(-c2ccc(CCNC(=O)C3Cc4cc5c(cc4CN3C(=O)N[C@H](C)c3ccccc3)OC(c3ccc(OCc4cccc(Cl)c4Cl)cc3)CO5)cc2)c1C.O=CO. The van der Waals surface area contributed by atoms with Crippen LogP contribution >= 0.6 is 23.2 Å². The Morgan fingerprint density at radius 2 is 1.67 bits per heavy atom. The molecule has 3 amide bonds. The lowest BCUT2D eigenvalue weighted by Gasteiger charge is -2.37. The number of pyridine rings is 1. The normalized spacial score (nSPS) is 15.5. The second kappa shape index (κ2) is 20.5. The fourth-order valence-corrected chi connectivity index (χ4v) is 8.08. The average Bonchev–Trinajstić information content (AvgIpc) is 3.30. The van der Waals surface area contributed by atoms with Gasteiger partial charge in [-0.05, 0) is 108 Å². The number of hydrogen-bond donors (Lipinski definition) is 3. The molecule has 324 valence electrons. The van der Waals surface area contributed by atoms with Gasteiger partial charge >= 0.3 is 6.03 Å². The van der Waals surface area contributed by atoms with E-state index in [2.05, 4.69) is 46.8 Å². The predicted molar refractivity (Wildman–Crippen MR) is 244 cm³/mol. The maximum Gasteiger partial charge on any atom is 0.318 e. The van der Waals surface area contributed by atoms with Crippen LogP contribution in [0.15, 0.2) is 121 Å². The van der Waals surface area contributed by atoms with Gasteiger partial charge in [0.2, 0.25) is 5.91 Å². The molecular formula is C50H48Cl2N4O7. The van der Waals surface area contributed by atoms with Gasteiger partial charge in [0.15, 0.2) is 17.6 Å². The zero-order valence-corrected chi connectivity index (χ0v) is 36.7.